The zero-order valence-electron chi connectivity index (χ0n) is 16.1. The van der Waals surface area contributed by atoms with Crippen LogP contribution in [-0.2, 0) is 25.4 Å². The highest BCUT2D eigenvalue weighted by atomic mass is 32.2. The molecule has 1 amide bonds. The van der Waals surface area contributed by atoms with Gasteiger partial charge in [-0.25, -0.2) is 9.78 Å². The predicted molar refractivity (Wildman–Crippen MR) is 108 cm³/mol. The molecule has 0 bridgehead atoms. The number of thioether (sulfide) groups is 1. The molecule has 0 radical (unpaired) electrons. The lowest BCUT2D eigenvalue weighted by molar-refractivity contribution is -0.113. The van der Waals surface area contributed by atoms with E-state index < -0.39 is 11.2 Å². The third-order valence-corrected chi connectivity index (χ3v) is 5.29. The van der Waals surface area contributed by atoms with Gasteiger partial charge in [0.05, 0.1) is 12.9 Å². The number of rotatable bonds is 6. The molecule has 0 fully saturated rings. The van der Waals surface area contributed by atoms with Crippen molar-refractivity contribution in [3.8, 4) is 5.75 Å². The molecule has 0 saturated heterocycles. The van der Waals surface area contributed by atoms with Crippen LogP contribution in [0.1, 0.15) is 6.92 Å². The van der Waals surface area contributed by atoms with Crippen molar-refractivity contribution in [2.45, 2.75) is 18.6 Å². The van der Waals surface area contributed by atoms with Crippen LogP contribution in [0.4, 0.5) is 5.69 Å². The number of imidazole rings is 1. The third kappa shape index (κ3) is 3.55. The van der Waals surface area contributed by atoms with E-state index in [2.05, 4.69) is 10.3 Å². The second-order valence-corrected chi connectivity index (χ2v) is 7.03. The Hall–Kier alpha value is -3.01. The highest BCUT2D eigenvalue weighted by molar-refractivity contribution is 7.99. The maximum atomic E-state index is 12.5. The van der Waals surface area contributed by atoms with Crippen molar-refractivity contribution >= 4 is 34.5 Å². The largest absolute Gasteiger partial charge is 0.497 e. The molecule has 10 heteroatoms. The standard InChI is InChI=1S/C18H21N5O4S/c1-5-23-14-15(21(2)18(26)22(3)16(14)25)20-17(23)28-10-13(24)19-11-7-6-8-12(9-11)27-4/h6-9H,5,10H2,1-4H3,(H,19,24). The molecule has 28 heavy (non-hydrogen) atoms. The van der Waals surface area contributed by atoms with E-state index in [1.165, 1.54) is 23.4 Å². The topological polar surface area (TPSA) is 100 Å². The molecule has 0 aliphatic carbocycles. The summed E-state index contributed by atoms with van der Waals surface area (Å²) in [6.07, 6.45) is 0. The van der Waals surface area contributed by atoms with Gasteiger partial charge in [0.25, 0.3) is 5.56 Å². The fourth-order valence-electron chi connectivity index (χ4n) is 2.86. The number of nitrogens with zero attached hydrogens (tertiary/aromatic N) is 4. The van der Waals surface area contributed by atoms with Gasteiger partial charge in [-0.05, 0) is 19.1 Å². The molecule has 3 aromatic rings. The van der Waals surface area contributed by atoms with Gasteiger partial charge in [0, 0.05) is 32.4 Å². The fourth-order valence-corrected chi connectivity index (χ4v) is 3.72. The van der Waals surface area contributed by atoms with Gasteiger partial charge < -0.3 is 14.6 Å². The van der Waals surface area contributed by atoms with Crippen LogP contribution >= 0.6 is 11.8 Å². The van der Waals surface area contributed by atoms with Crippen molar-refractivity contribution in [3.05, 3.63) is 45.1 Å². The third-order valence-electron chi connectivity index (χ3n) is 4.32. The fraction of sp³-hybridized carbons (Fsp3) is 0.333. The van der Waals surface area contributed by atoms with E-state index in [0.29, 0.717) is 34.3 Å². The van der Waals surface area contributed by atoms with Gasteiger partial charge in [0.15, 0.2) is 16.3 Å². The summed E-state index contributed by atoms with van der Waals surface area (Å²) in [5.74, 6) is 0.541. The maximum Gasteiger partial charge on any atom is 0.332 e. The summed E-state index contributed by atoms with van der Waals surface area (Å²) < 4.78 is 9.26. The van der Waals surface area contributed by atoms with Gasteiger partial charge >= 0.3 is 5.69 Å². The van der Waals surface area contributed by atoms with E-state index in [-0.39, 0.29) is 11.7 Å². The van der Waals surface area contributed by atoms with E-state index in [1.807, 2.05) is 6.92 Å². The number of aryl methyl sites for hydroxylation is 2. The first-order valence-electron chi connectivity index (χ1n) is 8.60. The summed E-state index contributed by atoms with van der Waals surface area (Å²) >= 11 is 1.21. The molecule has 1 aromatic carbocycles. The minimum atomic E-state index is -0.439. The maximum absolute atomic E-state index is 12.5. The Balaban J connectivity index is 1.85. The number of nitrogens with one attached hydrogen (secondary N) is 1. The molecule has 1 N–H and O–H groups in total. The van der Waals surface area contributed by atoms with Gasteiger partial charge in [-0.1, -0.05) is 17.8 Å². The van der Waals surface area contributed by atoms with Crippen LogP contribution in [0.2, 0.25) is 0 Å². The lowest BCUT2D eigenvalue weighted by atomic mass is 10.3. The quantitative estimate of drug-likeness (QED) is 0.621. The van der Waals surface area contributed by atoms with Gasteiger partial charge in [-0.2, -0.15) is 0 Å². The molecule has 9 nitrogen and oxygen atoms in total. The number of aromatic nitrogens is 4. The lowest BCUT2D eigenvalue weighted by Crippen LogP contribution is -2.37. The number of carbonyl (C=O) groups is 1. The number of amides is 1. The molecule has 3 rings (SSSR count). The Morgan fingerprint density at radius 2 is 2.00 bits per heavy atom. The normalized spacial score (nSPS) is 11.0. The SMILES string of the molecule is CCn1c(SCC(=O)Nc2cccc(OC)c2)nc2c1c(=O)n(C)c(=O)n2C. The molecule has 0 aliphatic heterocycles. The van der Waals surface area contributed by atoms with E-state index >= 15 is 0 Å². The minimum absolute atomic E-state index is 0.106. The second kappa shape index (κ2) is 7.93. The molecule has 148 valence electrons. The number of ether oxygens (including phenoxy) is 1. The summed E-state index contributed by atoms with van der Waals surface area (Å²) in [6, 6.07) is 7.07. The summed E-state index contributed by atoms with van der Waals surface area (Å²) in [5, 5.41) is 3.31. The van der Waals surface area contributed by atoms with Gasteiger partial charge in [-0.3, -0.25) is 18.7 Å². The number of fused-ring (bicyclic) bond motifs is 1. The van der Waals surface area contributed by atoms with E-state index in [0.717, 1.165) is 4.57 Å². The van der Waals surface area contributed by atoms with Crippen molar-refractivity contribution in [2.75, 3.05) is 18.2 Å². The van der Waals surface area contributed by atoms with E-state index in [9.17, 15) is 14.4 Å². The van der Waals surface area contributed by atoms with Gasteiger partial charge in [0.2, 0.25) is 5.91 Å². The smallest absolute Gasteiger partial charge is 0.332 e. The summed E-state index contributed by atoms with van der Waals surface area (Å²) in [7, 11) is 4.57. The molecule has 2 aromatic heterocycles. The van der Waals surface area contributed by atoms with Crippen LogP contribution in [0.15, 0.2) is 39.0 Å². The zero-order chi connectivity index (χ0) is 20.4. The molecular formula is C18H21N5O4S. The van der Waals surface area contributed by atoms with E-state index in [4.69, 9.17) is 4.74 Å². The number of hydrogen-bond donors (Lipinski definition) is 1. The van der Waals surface area contributed by atoms with E-state index in [1.54, 1.807) is 43.0 Å². The van der Waals surface area contributed by atoms with Crippen molar-refractivity contribution in [2.24, 2.45) is 14.1 Å². The van der Waals surface area contributed by atoms with Crippen molar-refractivity contribution in [1.82, 2.24) is 18.7 Å². The summed E-state index contributed by atoms with van der Waals surface area (Å²) in [6.45, 7) is 2.37. The summed E-state index contributed by atoms with van der Waals surface area (Å²) in [5.41, 5.74) is 0.448. The molecule has 0 unspecified atom stereocenters. The monoisotopic (exact) mass is 403 g/mol. The second-order valence-electron chi connectivity index (χ2n) is 6.09. The average Bonchev–Trinajstić information content (AvgIpc) is 3.08. The Morgan fingerprint density at radius 3 is 2.68 bits per heavy atom. The number of methoxy groups -OCH3 is 1. The molecule has 0 spiro atoms. The molecule has 0 saturated carbocycles. The first kappa shape index (κ1) is 19.7. The lowest BCUT2D eigenvalue weighted by Gasteiger charge is -2.08. The van der Waals surface area contributed by atoms with Crippen LogP contribution in [0.3, 0.4) is 0 Å². The minimum Gasteiger partial charge on any atom is -0.497 e. The van der Waals surface area contributed by atoms with Crippen molar-refractivity contribution < 1.29 is 9.53 Å². The highest BCUT2D eigenvalue weighted by Gasteiger charge is 2.19. The zero-order valence-corrected chi connectivity index (χ0v) is 16.9. The molecule has 2 heterocycles. The molecule has 0 atom stereocenters. The Bertz CT molecular complexity index is 1160. The van der Waals surface area contributed by atoms with Crippen LogP contribution in [-0.4, -0.2) is 37.5 Å². The Kier molecular flexibility index (Phi) is 5.59. The van der Waals surface area contributed by atoms with Gasteiger partial charge in [0.1, 0.15) is 5.75 Å². The van der Waals surface area contributed by atoms with Crippen LogP contribution in [0.5, 0.6) is 5.75 Å². The average molecular weight is 403 g/mol. The van der Waals surface area contributed by atoms with Crippen molar-refractivity contribution in [1.29, 1.82) is 0 Å². The first-order chi connectivity index (χ1) is 13.4. The van der Waals surface area contributed by atoms with Gasteiger partial charge in [-0.15, -0.1) is 0 Å². The Morgan fingerprint density at radius 1 is 1.25 bits per heavy atom. The van der Waals surface area contributed by atoms with Crippen molar-refractivity contribution in [3.63, 3.8) is 0 Å². The number of anilines is 1. The predicted octanol–water partition coefficient (Wildman–Crippen LogP) is 1.19. The van der Waals surface area contributed by atoms with Crippen LogP contribution in [0, 0.1) is 0 Å². The number of benzene rings is 1. The molecule has 0 aliphatic rings. The number of hydrogen-bond acceptors (Lipinski definition) is 6. The first-order valence-corrected chi connectivity index (χ1v) is 9.58. The van der Waals surface area contributed by atoms with Crippen LogP contribution < -0.4 is 21.3 Å². The Labute approximate surface area is 164 Å². The number of carbonyl (C=O) groups excluding carboxylic acids is 1. The van der Waals surface area contributed by atoms with Crippen LogP contribution in [0.25, 0.3) is 11.2 Å². The summed E-state index contributed by atoms with van der Waals surface area (Å²) in [4.78, 5) is 41.4. The highest BCUT2D eigenvalue weighted by Crippen LogP contribution is 2.22. The molecular weight excluding hydrogens is 382 g/mol.